The van der Waals surface area contributed by atoms with Crippen molar-refractivity contribution in [1.29, 1.82) is 0 Å². The maximum atomic E-state index is 14.2. The number of carbonyl (C=O) groups excluding carboxylic acids is 1. The number of benzene rings is 1. The largest absolute Gasteiger partial charge is 0.467 e. The van der Waals surface area contributed by atoms with Crippen molar-refractivity contribution in [3.63, 3.8) is 0 Å². The Bertz CT molecular complexity index is 569. The number of methoxy groups -OCH3 is 1. The van der Waals surface area contributed by atoms with Gasteiger partial charge in [-0.2, -0.15) is 0 Å². The van der Waals surface area contributed by atoms with Crippen LogP contribution in [0.4, 0.5) is 8.78 Å². The van der Waals surface area contributed by atoms with Gasteiger partial charge in [0.25, 0.3) is 0 Å². The van der Waals surface area contributed by atoms with E-state index in [1.165, 1.54) is 19.1 Å². The Balaban J connectivity index is 2.38. The summed E-state index contributed by atoms with van der Waals surface area (Å²) in [7, 11) is 2.89. The second-order valence-electron chi connectivity index (χ2n) is 4.50. The lowest BCUT2D eigenvalue weighted by Crippen LogP contribution is -2.35. The molecule has 0 spiro atoms. The first kappa shape index (κ1) is 15.9. The number of alkyl halides is 1. The Morgan fingerprint density at radius 2 is 2.00 bits per heavy atom. The second-order valence-corrected chi connectivity index (χ2v) is 5.61. The highest BCUT2D eigenvalue weighted by atomic mass is 79.9. The molecule has 0 radical (unpaired) electrons. The van der Waals surface area contributed by atoms with Gasteiger partial charge in [-0.3, -0.25) is 4.79 Å². The third-order valence-electron chi connectivity index (χ3n) is 3.09. The van der Waals surface area contributed by atoms with Crippen LogP contribution in [0.1, 0.15) is 12.0 Å². The van der Waals surface area contributed by atoms with Crippen LogP contribution in [0.25, 0.3) is 5.70 Å². The Morgan fingerprint density at radius 3 is 2.57 bits per heavy atom. The summed E-state index contributed by atoms with van der Waals surface area (Å²) >= 11 is 3.21. The summed E-state index contributed by atoms with van der Waals surface area (Å²) < 4.78 is 38.0. The molecule has 7 heteroatoms. The van der Waals surface area contributed by atoms with Crippen LogP contribution in [0.15, 0.2) is 18.2 Å². The van der Waals surface area contributed by atoms with Gasteiger partial charge in [0.1, 0.15) is 17.4 Å². The molecule has 0 bridgehead atoms. The highest BCUT2D eigenvalue weighted by Gasteiger charge is 2.29. The van der Waals surface area contributed by atoms with Crippen LogP contribution in [0.5, 0.6) is 5.75 Å². The zero-order valence-corrected chi connectivity index (χ0v) is 13.1. The molecule has 1 aromatic rings. The molecule has 1 unspecified atom stereocenters. The van der Waals surface area contributed by atoms with Gasteiger partial charge in [0, 0.05) is 26.3 Å². The molecule has 0 aliphatic carbocycles. The SMILES string of the molecule is COCOc1cc(F)c(C2=CCC(Br)C(=O)N2C)c(F)c1. The Hall–Kier alpha value is -1.47. The second kappa shape index (κ2) is 6.53. The average Bonchev–Trinajstić information content (AvgIpc) is 2.44. The predicted octanol–water partition coefficient (Wildman–Crippen LogP) is 2.91. The monoisotopic (exact) mass is 361 g/mol. The van der Waals surface area contributed by atoms with Crippen LogP contribution >= 0.6 is 15.9 Å². The summed E-state index contributed by atoms with van der Waals surface area (Å²) in [5.41, 5.74) is -0.0287. The topological polar surface area (TPSA) is 38.8 Å². The summed E-state index contributed by atoms with van der Waals surface area (Å²) in [5, 5.41) is 0. The van der Waals surface area contributed by atoms with Gasteiger partial charge >= 0.3 is 0 Å². The van der Waals surface area contributed by atoms with Gasteiger partial charge in [-0.25, -0.2) is 8.78 Å². The van der Waals surface area contributed by atoms with Gasteiger partial charge in [0.2, 0.25) is 5.91 Å². The molecule has 0 N–H and O–H groups in total. The molecule has 1 aromatic carbocycles. The summed E-state index contributed by atoms with van der Waals surface area (Å²) in [6.45, 7) is -0.107. The lowest BCUT2D eigenvalue weighted by molar-refractivity contribution is -0.126. The minimum absolute atomic E-state index is 0.0272. The molecule has 0 aromatic heterocycles. The number of ether oxygens (including phenoxy) is 2. The molecule has 21 heavy (non-hydrogen) atoms. The van der Waals surface area contributed by atoms with Gasteiger partial charge in [0.05, 0.1) is 16.1 Å². The fourth-order valence-electron chi connectivity index (χ4n) is 2.06. The molecule has 4 nitrogen and oxygen atoms in total. The minimum Gasteiger partial charge on any atom is -0.467 e. The summed E-state index contributed by atoms with van der Waals surface area (Å²) in [4.78, 5) is 12.8. The first-order valence-corrected chi connectivity index (χ1v) is 7.10. The average molecular weight is 362 g/mol. The maximum Gasteiger partial charge on any atom is 0.240 e. The van der Waals surface area contributed by atoms with E-state index in [1.54, 1.807) is 6.08 Å². The fourth-order valence-corrected chi connectivity index (χ4v) is 2.55. The van der Waals surface area contributed by atoms with Gasteiger partial charge in [0.15, 0.2) is 6.79 Å². The van der Waals surface area contributed by atoms with Crippen molar-refractivity contribution in [3.05, 3.63) is 35.4 Å². The molecular weight excluding hydrogens is 348 g/mol. The summed E-state index contributed by atoms with van der Waals surface area (Å²) in [6.07, 6.45) is 2.00. The number of hydrogen-bond donors (Lipinski definition) is 0. The first-order chi connectivity index (χ1) is 9.95. The van der Waals surface area contributed by atoms with Crippen molar-refractivity contribution in [1.82, 2.24) is 4.90 Å². The molecule has 1 amide bonds. The van der Waals surface area contributed by atoms with Crippen LogP contribution in [-0.2, 0) is 9.53 Å². The van der Waals surface area contributed by atoms with Crippen molar-refractivity contribution >= 4 is 27.5 Å². The zero-order valence-electron chi connectivity index (χ0n) is 11.5. The molecule has 0 saturated carbocycles. The fraction of sp³-hybridized carbons (Fsp3) is 0.357. The molecule has 1 heterocycles. The molecule has 1 atom stereocenters. The smallest absolute Gasteiger partial charge is 0.240 e. The highest BCUT2D eigenvalue weighted by Crippen LogP contribution is 2.32. The van der Waals surface area contributed by atoms with Crippen molar-refractivity contribution < 1.29 is 23.0 Å². The lowest BCUT2D eigenvalue weighted by Gasteiger charge is -2.28. The van der Waals surface area contributed by atoms with Gasteiger partial charge in [-0.15, -0.1) is 0 Å². The molecule has 1 aliphatic rings. The van der Waals surface area contributed by atoms with Crippen molar-refractivity contribution in [2.45, 2.75) is 11.2 Å². The molecule has 0 saturated heterocycles. The van der Waals surface area contributed by atoms with Gasteiger partial charge in [-0.1, -0.05) is 22.0 Å². The molecule has 1 aliphatic heterocycles. The Morgan fingerprint density at radius 1 is 1.38 bits per heavy atom. The van der Waals surface area contributed by atoms with E-state index in [4.69, 9.17) is 4.74 Å². The van der Waals surface area contributed by atoms with E-state index >= 15 is 0 Å². The number of halogens is 3. The van der Waals surface area contributed by atoms with Crippen LogP contribution in [0.2, 0.25) is 0 Å². The number of rotatable bonds is 4. The minimum atomic E-state index is -0.792. The molecule has 114 valence electrons. The zero-order chi connectivity index (χ0) is 15.6. The van der Waals surface area contributed by atoms with Crippen LogP contribution in [-0.4, -0.2) is 36.6 Å². The third-order valence-corrected chi connectivity index (χ3v) is 3.86. The number of allylic oxidation sites excluding steroid dienone is 1. The van der Waals surface area contributed by atoms with E-state index in [9.17, 15) is 13.6 Å². The van der Waals surface area contributed by atoms with E-state index in [2.05, 4.69) is 20.7 Å². The normalized spacial score (nSPS) is 18.7. The van der Waals surface area contributed by atoms with Crippen LogP contribution in [0.3, 0.4) is 0 Å². The van der Waals surface area contributed by atoms with Crippen LogP contribution < -0.4 is 4.74 Å². The van der Waals surface area contributed by atoms with Crippen molar-refractivity contribution in [2.75, 3.05) is 21.0 Å². The van der Waals surface area contributed by atoms with E-state index in [0.29, 0.717) is 6.42 Å². The Kier molecular flexibility index (Phi) is 4.95. The molecule has 0 fully saturated rings. The first-order valence-electron chi connectivity index (χ1n) is 6.18. The maximum absolute atomic E-state index is 14.2. The van der Waals surface area contributed by atoms with E-state index in [-0.39, 0.29) is 34.5 Å². The van der Waals surface area contributed by atoms with E-state index in [1.807, 2.05) is 0 Å². The number of nitrogens with zero attached hydrogens (tertiary/aromatic N) is 1. The Labute approximate surface area is 129 Å². The predicted molar refractivity (Wildman–Crippen MR) is 76.9 cm³/mol. The molecule has 2 rings (SSSR count). The van der Waals surface area contributed by atoms with Gasteiger partial charge < -0.3 is 14.4 Å². The van der Waals surface area contributed by atoms with Crippen molar-refractivity contribution in [3.8, 4) is 5.75 Å². The highest BCUT2D eigenvalue weighted by molar-refractivity contribution is 9.10. The summed E-state index contributed by atoms with van der Waals surface area (Å²) in [6, 6.07) is 2.13. The standard InChI is InChI=1S/C14H14BrF2NO3/c1-18-12(4-3-9(15)14(18)19)13-10(16)5-8(6-11(13)17)21-7-20-2/h4-6,9H,3,7H2,1-2H3. The van der Waals surface area contributed by atoms with Gasteiger partial charge in [-0.05, 0) is 6.42 Å². The third kappa shape index (κ3) is 3.24. The van der Waals surface area contributed by atoms with Crippen molar-refractivity contribution in [2.24, 2.45) is 0 Å². The number of hydrogen-bond acceptors (Lipinski definition) is 3. The van der Waals surface area contributed by atoms with E-state index in [0.717, 1.165) is 12.1 Å². The number of amides is 1. The summed E-state index contributed by atoms with van der Waals surface area (Å²) in [5.74, 6) is -1.80. The lowest BCUT2D eigenvalue weighted by atomic mass is 10.0. The van der Waals surface area contributed by atoms with E-state index < -0.39 is 11.6 Å². The number of carbonyl (C=O) groups is 1. The van der Waals surface area contributed by atoms with Crippen LogP contribution in [0, 0.1) is 11.6 Å². The molecular formula is C14H14BrF2NO3. The quantitative estimate of drug-likeness (QED) is 0.611.